The summed E-state index contributed by atoms with van der Waals surface area (Å²) in [5.74, 6) is -5.16. The van der Waals surface area contributed by atoms with Crippen molar-refractivity contribution in [3.8, 4) is 0 Å². The molecule has 0 aromatic heterocycles. The molecular formula is C28H35N3O7. The highest BCUT2D eigenvalue weighted by Gasteiger charge is 2.84. The number of aliphatic carboxylic acids is 2. The van der Waals surface area contributed by atoms with E-state index in [-0.39, 0.29) is 12.8 Å². The first-order valence-corrected chi connectivity index (χ1v) is 12.9. The van der Waals surface area contributed by atoms with Crippen molar-refractivity contribution in [2.75, 3.05) is 5.32 Å². The summed E-state index contributed by atoms with van der Waals surface area (Å²) in [6, 6.07) is 11.6. The zero-order valence-electron chi connectivity index (χ0n) is 22.2. The third kappa shape index (κ3) is 4.21. The van der Waals surface area contributed by atoms with Crippen molar-refractivity contribution in [2.24, 2.45) is 23.2 Å². The number of fused-ring (bicyclic) bond motifs is 2. The van der Waals surface area contributed by atoms with Gasteiger partial charge in [-0.1, -0.05) is 50.2 Å². The van der Waals surface area contributed by atoms with Gasteiger partial charge < -0.3 is 30.9 Å². The summed E-state index contributed by atoms with van der Waals surface area (Å²) in [5, 5.41) is 30.7. The van der Waals surface area contributed by atoms with Crippen LogP contribution in [0.5, 0.6) is 0 Å². The van der Waals surface area contributed by atoms with Crippen molar-refractivity contribution in [2.45, 2.75) is 64.6 Å². The van der Waals surface area contributed by atoms with E-state index in [1.54, 1.807) is 40.7 Å². The van der Waals surface area contributed by atoms with E-state index in [4.69, 9.17) is 4.74 Å². The molecular weight excluding hydrogens is 490 g/mol. The van der Waals surface area contributed by atoms with Crippen molar-refractivity contribution in [1.29, 1.82) is 0 Å². The number of carbonyl (C=O) groups is 4. The number of ether oxygens (including phenoxy) is 1. The highest BCUT2D eigenvalue weighted by molar-refractivity contribution is 6.02. The molecule has 0 spiro atoms. The van der Waals surface area contributed by atoms with E-state index in [9.17, 15) is 29.4 Å². The van der Waals surface area contributed by atoms with Crippen molar-refractivity contribution in [3.05, 3.63) is 42.5 Å². The highest BCUT2D eigenvalue weighted by Crippen LogP contribution is 2.71. The SMILES string of the molecule is CCC1(CC)[C@@H](NC(=O)Nc2cccc3ccccc23)[C@@H]2[C@@H](C(=O)O)[C@H]2[C@@]1(NC(=O)OC(C)(C)C)C(=O)O. The normalized spacial score (nSPS) is 27.2. The number of benzene rings is 2. The van der Waals surface area contributed by atoms with Crippen LogP contribution in [0.25, 0.3) is 10.8 Å². The molecule has 10 heteroatoms. The number of anilines is 1. The number of hydrogen-bond donors (Lipinski definition) is 5. The molecule has 2 aromatic carbocycles. The maximum absolute atomic E-state index is 13.3. The molecule has 0 radical (unpaired) electrons. The Hall–Kier alpha value is -3.82. The van der Waals surface area contributed by atoms with E-state index in [0.29, 0.717) is 5.69 Å². The van der Waals surface area contributed by atoms with E-state index >= 15 is 0 Å². The van der Waals surface area contributed by atoms with Gasteiger partial charge in [0, 0.05) is 22.8 Å². The summed E-state index contributed by atoms with van der Waals surface area (Å²) in [5.41, 5.74) is -3.46. The number of carbonyl (C=O) groups excluding carboxylic acids is 2. The average Bonchev–Trinajstić information content (AvgIpc) is 3.53. The minimum atomic E-state index is -1.95. The van der Waals surface area contributed by atoms with Gasteiger partial charge in [0.05, 0.1) is 11.6 Å². The molecule has 4 rings (SSSR count). The van der Waals surface area contributed by atoms with E-state index in [2.05, 4.69) is 16.0 Å². The maximum Gasteiger partial charge on any atom is 0.408 e. The molecule has 3 amide bonds. The van der Waals surface area contributed by atoms with Gasteiger partial charge in [-0.25, -0.2) is 14.4 Å². The van der Waals surface area contributed by atoms with E-state index in [0.717, 1.165) is 10.8 Å². The van der Waals surface area contributed by atoms with Gasteiger partial charge in [0.15, 0.2) is 5.54 Å². The van der Waals surface area contributed by atoms with Crippen LogP contribution in [0.2, 0.25) is 0 Å². The quantitative estimate of drug-likeness (QED) is 0.358. The predicted molar refractivity (Wildman–Crippen MR) is 141 cm³/mol. The zero-order chi connectivity index (χ0) is 28.0. The van der Waals surface area contributed by atoms with Crippen LogP contribution < -0.4 is 16.0 Å². The molecule has 0 heterocycles. The number of hydrogen-bond acceptors (Lipinski definition) is 5. The van der Waals surface area contributed by atoms with Gasteiger partial charge in [-0.15, -0.1) is 0 Å². The molecule has 2 aliphatic carbocycles. The topological polar surface area (TPSA) is 154 Å². The monoisotopic (exact) mass is 525 g/mol. The fraction of sp³-hybridized carbons (Fsp3) is 0.500. The summed E-state index contributed by atoms with van der Waals surface area (Å²) in [7, 11) is 0. The first-order valence-electron chi connectivity index (χ1n) is 12.9. The number of alkyl carbamates (subject to hydrolysis) is 1. The van der Waals surface area contributed by atoms with Gasteiger partial charge in [-0.05, 0) is 51.0 Å². The Morgan fingerprint density at radius 2 is 1.61 bits per heavy atom. The number of urea groups is 1. The summed E-state index contributed by atoms with van der Waals surface area (Å²) < 4.78 is 5.40. The van der Waals surface area contributed by atoms with Crippen molar-refractivity contribution >= 4 is 40.5 Å². The predicted octanol–water partition coefficient (Wildman–Crippen LogP) is 4.44. The van der Waals surface area contributed by atoms with Crippen molar-refractivity contribution in [3.63, 3.8) is 0 Å². The van der Waals surface area contributed by atoms with Crippen LogP contribution in [0.15, 0.2) is 42.5 Å². The lowest BCUT2D eigenvalue weighted by atomic mass is 9.62. The average molecular weight is 526 g/mol. The third-order valence-electron chi connectivity index (χ3n) is 8.25. The Kier molecular flexibility index (Phi) is 6.80. The smallest absolute Gasteiger partial charge is 0.408 e. The summed E-state index contributed by atoms with van der Waals surface area (Å²) in [4.78, 5) is 51.5. The van der Waals surface area contributed by atoms with Crippen molar-refractivity contribution in [1.82, 2.24) is 10.6 Å². The van der Waals surface area contributed by atoms with Crippen LogP contribution in [-0.2, 0) is 14.3 Å². The first kappa shape index (κ1) is 27.2. The number of carboxylic acid groups (broad SMARTS) is 2. The molecule has 2 aromatic rings. The molecule has 38 heavy (non-hydrogen) atoms. The van der Waals surface area contributed by atoms with Crippen LogP contribution in [0.4, 0.5) is 15.3 Å². The molecule has 0 bridgehead atoms. The Morgan fingerprint density at radius 1 is 0.974 bits per heavy atom. The van der Waals surface area contributed by atoms with Crippen LogP contribution in [0, 0.1) is 23.2 Å². The van der Waals surface area contributed by atoms with Gasteiger partial charge in [0.2, 0.25) is 0 Å². The second-order valence-electron chi connectivity index (χ2n) is 11.2. The molecule has 2 fully saturated rings. The zero-order valence-corrected chi connectivity index (χ0v) is 22.2. The van der Waals surface area contributed by atoms with E-state index in [1.165, 1.54) is 0 Å². The Morgan fingerprint density at radius 3 is 2.18 bits per heavy atom. The van der Waals surface area contributed by atoms with Crippen molar-refractivity contribution < 1.29 is 34.1 Å². The lowest BCUT2D eigenvalue weighted by Gasteiger charge is -2.48. The molecule has 0 aliphatic heterocycles. The van der Waals surface area contributed by atoms with E-state index < -0.39 is 64.4 Å². The number of amides is 3. The second kappa shape index (κ2) is 9.49. The van der Waals surface area contributed by atoms with Gasteiger partial charge >= 0.3 is 24.1 Å². The van der Waals surface area contributed by atoms with Crippen LogP contribution >= 0.6 is 0 Å². The minimum absolute atomic E-state index is 0.268. The van der Waals surface area contributed by atoms with Gasteiger partial charge in [-0.3, -0.25) is 4.79 Å². The lowest BCUT2D eigenvalue weighted by molar-refractivity contribution is -0.155. The van der Waals surface area contributed by atoms with E-state index in [1.807, 2.05) is 36.4 Å². The first-order chi connectivity index (χ1) is 17.8. The summed E-state index contributed by atoms with van der Waals surface area (Å²) in [6.45, 7) is 8.54. The molecule has 2 saturated carbocycles. The lowest BCUT2D eigenvalue weighted by Crippen LogP contribution is -2.69. The largest absolute Gasteiger partial charge is 0.481 e. The molecule has 5 atom stereocenters. The molecule has 204 valence electrons. The molecule has 0 unspecified atom stereocenters. The van der Waals surface area contributed by atoms with Crippen LogP contribution in [-0.4, -0.2) is 51.5 Å². The second-order valence-corrected chi connectivity index (χ2v) is 11.2. The van der Waals surface area contributed by atoms with Crippen LogP contribution in [0.1, 0.15) is 47.5 Å². The summed E-state index contributed by atoms with van der Waals surface area (Å²) in [6.07, 6.45) is -0.407. The Bertz CT molecular complexity index is 1280. The van der Waals surface area contributed by atoms with Gasteiger partial charge in [-0.2, -0.15) is 0 Å². The summed E-state index contributed by atoms with van der Waals surface area (Å²) >= 11 is 0. The number of nitrogens with one attached hydrogen (secondary N) is 3. The minimum Gasteiger partial charge on any atom is -0.481 e. The van der Waals surface area contributed by atoms with Crippen LogP contribution in [0.3, 0.4) is 0 Å². The Labute approximate surface area is 221 Å². The molecule has 5 N–H and O–H groups in total. The standard InChI is InChI=1S/C28H35N3O7/c1-6-27(7-2)21(30-24(36)29-17-14-10-12-15-11-8-9-13-16(15)17)18-19(22(32)33)20(18)28(27,23(34)35)31-25(37)38-26(3,4)5/h8-14,18-21H,6-7H2,1-5H3,(H,31,37)(H,32,33)(H,34,35)(H2,29,30,36)/t18-,19-,20+,21+,28-/m1/s1. The number of carboxylic acids is 2. The third-order valence-corrected chi connectivity index (χ3v) is 8.25. The molecule has 0 saturated heterocycles. The Balaban J connectivity index is 1.72. The maximum atomic E-state index is 13.3. The molecule has 10 nitrogen and oxygen atoms in total. The number of rotatable bonds is 7. The molecule has 2 aliphatic rings. The fourth-order valence-corrected chi connectivity index (χ4v) is 6.77. The van der Waals surface area contributed by atoms with Gasteiger partial charge in [0.1, 0.15) is 5.60 Å². The van der Waals surface area contributed by atoms with Gasteiger partial charge in [0.25, 0.3) is 0 Å². The highest BCUT2D eigenvalue weighted by atomic mass is 16.6. The fourth-order valence-electron chi connectivity index (χ4n) is 6.77.